The predicted molar refractivity (Wildman–Crippen MR) is 166 cm³/mol. The van der Waals surface area contributed by atoms with Crippen LogP contribution in [0, 0.1) is 0 Å². The molecule has 9 heteroatoms. The molecular weight excluding hydrogens is 559 g/mol. The lowest BCUT2D eigenvalue weighted by molar-refractivity contribution is -0.147. The van der Waals surface area contributed by atoms with E-state index < -0.39 is 5.54 Å². The third-order valence-corrected chi connectivity index (χ3v) is 9.55. The molecule has 2 saturated heterocycles. The number of halogens is 2. The largest absolute Gasteiger partial charge is 0.497 e. The van der Waals surface area contributed by atoms with Gasteiger partial charge in [0.1, 0.15) is 11.3 Å². The van der Waals surface area contributed by atoms with Crippen molar-refractivity contribution in [2.75, 3.05) is 67.5 Å². The number of likely N-dealkylation sites (tertiary alicyclic amines) is 2. The summed E-state index contributed by atoms with van der Waals surface area (Å²) in [5.41, 5.74) is 1.26. The summed E-state index contributed by atoms with van der Waals surface area (Å²) in [6.07, 6.45) is 6.12. The van der Waals surface area contributed by atoms with Gasteiger partial charge < -0.3 is 19.4 Å². The number of likely N-dealkylation sites (N-methyl/N-ethyl adjacent to an activating group) is 2. The summed E-state index contributed by atoms with van der Waals surface area (Å²) in [5, 5.41) is 1.04. The minimum Gasteiger partial charge on any atom is -0.497 e. The molecule has 2 aliphatic rings. The Bertz CT molecular complexity index is 1190. The van der Waals surface area contributed by atoms with Crippen LogP contribution in [-0.4, -0.2) is 104 Å². The van der Waals surface area contributed by atoms with Crippen LogP contribution in [0.2, 0.25) is 10.0 Å². The van der Waals surface area contributed by atoms with E-state index in [-0.39, 0.29) is 17.7 Å². The highest BCUT2D eigenvalue weighted by Crippen LogP contribution is 2.34. The van der Waals surface area contributed by atoms with Crippen molar-refractivity contribution < 1.29 is 14.3 Å². The van der Waals surface area contributed by atoms with Crippen molar-refractivity contribution in [3.63, 3.8) is 0 Å². The number of rotatable bonds is 10. The van der Waals surface area contributed by atoms with Crippen molar-refractivity contribution in [2.24, 2.45) is 0 Å². The normalized spacial score (nSPS) is 18.5. The molecule has 1 unspecified atom stereocenters. The number of carbonyl (C=O) groups excluding carboxylic acids is 2. The molecule has 2 fully saturated rings. The highest BCUT2D eigenvalue weighted by Gasteiger charge is 2.47. The van der Waals surface area contributed by atoms with E-state index in [1.807, 2.05) is 57.5 Å². The van der Waals surface area contributed by atoms with Crippen LogP contribution in [0.1, 0.15) is 60.4 Å². The van der Waals surface area contributed by atoms with Gasteiger partial charge in [0.05, 0.1) is 17.2 Å². The highest BCUT2D eigenvalue weighted by atomic mass is 35.5. The molecule has 0 aliphatic carbocycles. The number of amides is 2. The summed E-state index contributed by atoms with van der Waals surface area (Å²) in [4.78, 5) is 35.3. The van der Waals surface area contributed by atoms with Gasteiger partial charge in [0, 0.05) is 52.3 Å². The number of carbonyl (C=O) groups is 2. The molecule has 224 valence electrons. The van der Waals surface area contributed by atoms with Crippen LogP contribution < -0.4 is 4.74 Å². The van der Waals surface area contributed by atoms with Crippen LogP contribution in [0.25, 0.3) is 0 Å². The third-order valence-electron chi connectivity index (χ3n) is 8.82. The summed E-state index contributed by atoms with van der Waals surface area (Å²) in [6.45, 7) is 5.18. The first-order chi connectivity index (χ1) is 19.6. The minimum absolute atomic E-state index is 0.0551. The van der Waals surface area contributed by atoms with E-state index in [9.17, 15) is 9.59 Å². The number of hydrogen-bond donors (Lipinski definition) is 0. The molecule has 2 aliphatic heterocycles. The molecule has 1 atom stereocenters. The Hall–Kier alpha value is -2.32. The average molecular weight is 604 g/mol. The van der Waals surface area contributed by atoms with Crippen molar-refractivity contribution in [3.05, 3.63) is 63.6 Å². The zero-order valence-corrected chi connectivity index (χ0v) is 26.4. The number of hydrogen-bond acceptors (Lipinski definition) is 5. The lowest BCUT2D eigenvalue weighted by Crippen LogP contribution is -2.64. The van der Waals surface area contributed by atoms with Crippen LogP contribution in [0.5, 0.6) is 5.75 Å². The molecule has 0 spiro atoms. The summed E-state index contributed by atoms with van der Waals surface area (Å²) < 4.78 is 5.32. The minimum atomic E-state index is -0.396. The van der Waals surface area contributed by atoms with Crippen molar-refractivity contribution >= 4 is 35.0 Å². The van der Waals surface area contributed by atoms with Gasteiger partial charge in [0.25, 0.3) is 5.91 Å². The molecule has 41 heavy (non-hydrogen) atoms. The van der Waals surface area contributed by atoms with Crippen molar-refractivity contribution in [1.82, 2.24) is 19.6 Å². The van der Waals surface area contributed by atoms with E-state index in [2.05, 4.69) is 9.80 Å². The van der Waals surface area contributed by atoms with Crippen LogP contribution in [0.3, 0.4) is 0 Å². The molecule has 0 N–H and O–H groups in total. The standard InChI is InChI=1S/C32H44Cl2N4O3/c1-35(2)31(40)32(38-16-6-5-7-17-38)14-19-37(20-15-32)18-13-26(24-11-12-28(33)29(34)22-24)23-36(3)30(39)25-9-8-10-27(21-25)41-4/h8-12,21-22,26H,5-7,13-20,23H2,1-4H3. The lowest BCUT2D eigenvalue weighted by Gasteiger charge is -2.50. The fourth-order valence-electron chi connectivity index (χ4n) is 6.41. The van der Waals surface area contributed by atoms with E-state index in [0.29, 0.717) is 27.9 Å². The first-order valence-electron chi connectivity index (χ1n) is 14.7. The molecular formula is C32H44Cl2N4O3. The fraction of sp³-hybridized carbons (Fsp3) is 0.562. The zero-order chi connectivity index (χ0) is 29.6. The van der Waals surface area contributed by atoms with Gasteiger partial charge in [-0.1, -0.05) is 41.8 Å². The third kappa shape index (κ3) is 7.56. The first-order valence-corrected chi connectivity index (χ1v) is 15.4. The van der Waals surface area contributed by atoms with Gasteiger partial charge in [-0.15, -0.1) is 0 Å². The van der Waals surface area contributed by atoms with Gasteiger partial charge in [-0.3, -0.25) is 14.5 Å². The maximum absolute atomic E-state index is 13.5. The Kier molecular flexibility index (Phi) is 11.0. The van der Waals surface area contributed by atoms with E-state index in [0.717, 1.165) is 57.5 Å². The van der Waals surface area contributed by atoms with E-state index >= 15 is 0 Å². The Balaban J connectivity index is 1.45. The van der Waals surface area contributed by atoms with Crippen LogP contribution in [-0.2, 0) is 4.79 Å². The lowest BCUT2D eigenvalue weighted by atomic mass is 9.82. The maximum Gasteiger partial charge on any atom is 0.253 e. The van der Waals surface area contributed by atoms with Crippen LogP contribution in [0.15, 0.2) is 42.5 Å². The zero-order valence-electron chi connectivity index (χ0n) is 24.9. The summed E-state index contributed by atoms with van der Waals surface area (Å²) in [5.74, 6) is 0.913. The number of methoxy groups -OCH3 is 1. The van der Waals surface area contributed by atoms with Crippen molar-refractivity contribution in [3.8, 4) is 5.75 Å². The topological polar surface area (TPSA) is 56.3 Å². The van der Waals surface area contributed by atoms with Crippen molar-refractivity contribution in [1.29, 1.82) is 0 Å². The number of nitrogens with zero attached hydrogens (tertiary/aromatic N) is 4. The molecule has 0 bridgehead atoms. The Morgan fingerprint density at radius 1 is 0.951 bits per heavy atom. The number of piperidine rings is 2. The molecule has 2 heterocycles. The molecule has 4 rings (SSSR count). The second kappa shape index (κ2) is 14.2. The Morgan fingerprint density at radius 3 is 2.29 bits per heavy atom. The predicted octanol–water partition coefficient (Wildman–Crippen LogP) is 5.66. The van der Waals surface area contributed by atoms with Gasteiger partial charge >= 0.3 is 0 Å². The second-order valence-corrected chi connectivity index (χ2v) is 12.5. The molecule has 0 aromatic heterocycles. The van der Waals surface area contributed by atoms with Gasteiger partial charge in [0.15, 0.2) is 0 Å². The van der Waals surface area contributed by atoms with Crippen LogP contribution in [0.4, 0.5) is 0 Å². The number of ether oxygens (including phenoxy) is 1. The Morgan fingerprint density at radius 2 is 1.66 bits per heavy atom. The maximum atomic E-state index is 13.5. The molecule has 0 saturated carbocycles. The SMILES string of the molecule is COc1cccc(C(=O)N(C)CC(CCN2CCC(C(=O)N(C)C)(N3CCCCC3)CC2)c2ccc(Cl)c(Cl)c2)c1. The fourth-order valence-corrected chi connectivity index (χ4v) is 6.71. The van der Waals surface area contributed by atoms with Gasteiger partial charge in [-0.25, -0.2) is 0 Å². The van der Waals surface area contributed by atoms with E-state index in [1.54, 1.807) is 23.0 Å². The monoisotopic (exact) mass is 602 g/mol. The smallest absolute Gasteiger partial charge is 0.253 e. The summed E-state index contributed by atoms with van der Waals surface area (Å²) >= 11 is 12.7. The molecule has 0 radical (unpaired) electrons. The summed E-state index contributed by atoms with van der Waals surface area (Å²) in [7, 11) is 7.20. The van der Waals surface area contributed by atoms with Gasteiger partial charge in [-0.05, 0) is 87.6 Å². The first kappa shape index (κ1) is 31.6. The average Bonchev–Trinajstić information content (AvgIpc) is 3.00. The second-order valence-electron chi connectivity index (χ2n) is 11.7. The van der Waals surface area contributed by atoms with E-state index in [4.69, 9.17) is 27.9 Å². The number of benzene rings is 2. The van der Waals surface area contributed by atoms with Crippen molar-refractivity contribution in [2.45, 2.75) is 50.0 Å². The molecule has 2 amide bonds. The quantitative estimate of drug-likeness (QED) is 0.351. The highest BCUT2D eigenvalue weighted by molar-refractivity contribution is 6.42. The summed E-state index contributed by atoms with van der Waals surface area (Å²) in [6, 6.07) is 13.0. The van der Waals surface area contributed by atoms with Gasteiger partial charge in [-0.2, -0.15) is 0 Å². The van der Waals surface area contributed by atoms with Crippen LogP contribution >= 0.6 is 23.2 Å². The molecule has 2 aromatic carbocycles. The molecule has 7 nitrogen and oxygen atoms in total. The Labute approximate surface area is 255 Å². The van der Waals surface area contributed by atoms with Gasteiger partial charge in [0.2, 0.25) is 5.91 Å². The van der Waals surface area contributed by atoms with E-state index in [1.165, 1.54) is 19.3 Å². The molecule has 2 aromatic rings.